The molecule has 0 heteroatoms. The van der Waals surface area contributed by atoms with Crippen molar-refractivity contribution >= 4 is 0 Å². The van der Waals surface area contributed by atoms with Crippen LogP contribution in [0.4, 0.5) is 0 Å². The summed E-state index contributed by atoms with van der Waals surface area (Å²) < 4.78 is 0. The fourth-order valence-electron chi connectivity index (χ4n) is 1.12. The van der Waals surface area contributed by atoms with Crippen molar-refractivity contribution in [3.05, 3.63) is 23.8 Å². The van der Waals surface area contributed by atoms with Crippen molar-refractivity contribution in [1.29, 1.82) is 0 Å². The first-order chi connectivity index (χ1) is 4.29. The molecule has 0 nitrogen and oxygen atoms in total. The smallest absolute Gasteiger partial charge is 0.0286 e. The lowest BCUT2D eigenvalue weighted by Crippen LogP contribution is -1.76. The molecule has 0 heterocycles. The fraction of sp³-hybridized carbons (Fsp3) is 0.556. The summed E-state index contributed by atoms with van der Waals surface area (Å²) in [5.74, 6) is 0. The molecule has 1 aliphatic carbocycles. The molecular weight excluding hydrogens is 108 g/mol. The van der Waals surface area contributed by atoms with Gasteiger partial charge in [0.1, 0.15) is 0 Å². The van der Waals surface area contributed by atoms with Crippen molar-refractivity contribution in [2.75, 3.05) is 0 Å². The first kappa shape index (κ1) is 6.60. The Bertz CT molecular complexity index is 140. The molecule has 0 unspecified atom stereocenters. The molecule has 0 aliphatic heterocycles. The summed E-state index contributed by atoms with van der Waals surface area (Å²) in [6.07, 6.45) is 7.20. The van der Waals surface area contributed by atoms with Gasteiger partial charge in [0.05, 0.1) is 0 Å². The maximum atomic E-state index is 3.98. The van der Waals surface area contributed by atoms with Gasteiger partial charge in [0.2, 0.25) is 0 Å². The van der Waals surface area contributed by atoms with Gasteiger partial charge in [-0.15, -0.1) is 0 Å². The number of allylic oxidation sites excluding steroid dienone is 3. The monoisotopic (exact) mass is 122 g/mol. The summed E-state index contributed by atoms with van der Waals surface area (Å²) in [6.45, 7) is 6.18. The third-order valence-electron chi connectivity index (χ3n) is 1.86. The lowest BCUT2D eigenvalue weighted by atomic mass is 10.1. The minimum Gasteiger partial charge on any atom is -0.0998 e. The second-order valence-corrected chi connectivity index (χ2v) is 2.84. The second-order valence-electron chi connectivity index (χ2n) is 2.84. The standard InChI is InChI=1S/C9H14/c1-8-4-3-5-9(2)7-6-8/h5H,1,3-4,6-7H2,2H3. The average molecular weight is 122 g/mol. The van der Waals surface area contributed by atoms with Crippen molar-refractivity contribution < 1.29 is 0 Å². The molecule has 0 N–H and O–H groups in total. The molecule has 0 amide bonds. The van der Waals surface area contributed by atoms with Gasteiger partial charge in [0.15, 0.2) is 0 Å². The lowest BCUT2D eigenvalue weighted by molar-refractivity contribution is 0.890. The molecule has 0 atom stereocenters. The zero-order valence-electron chi connectivity index (χ0n) is 6.11. The van der Waals surface area contributed by atoms with Crippen LogP contribution in [0.15, 0.2) is 23.8 Å². The van der Waals surface area contributed by atoms with E-state index in [9.17, 15) is 0 Å². The molecule has 50 valence electrons. The summed E-state index contributed by atoms with van der Waals surface area (Å²) in [6, 6.07) is 0. The van der Waals surface area contributed by atoms with Crippen molar-refractivity contribution in [1.82, 2.24) is 0 Å². The Balaban J connectivity index is 2.48. The highest BCUT2D eigenvalue weighted by molar-refractivity contribution is 5.09. The van der Waals surface area contributed by atoms with Gasteiger partial charge < -0.3 is 0 Å². The van der Waals surface area contributed by atoms with Crippen LogP contribution in [0.25, 0.3) is 0 Å². The van der Waals surface area contributed by atoms with E-state index in [0.717, 1.165) is 0 Å². The Kier molecular flexibility index (Phi) is 2.10. The maximum Gasteiger partial charge on any atom is -0.0286 e. The SMILES string of the molecule is C=C1CCC=C(C)CC1. The molecule has 0 bridgehead atoms. The van der Waals surface area contributed by atoms with E-state index in [1.165, 1.54) is 36.8 Å². The summed E-state index contributed by atoms with van der Waals surface area (Å²) in [5.41, 5.74) is 2.96. The Morgan fingerprint density at radius 2 is 2.11 bits per heavy atom. The van der Waals surface area contributed by atoms with E-state index in [4.69, 9.17) is 0 Å². The van der Waals surface area contributed by atoms with E-state index in [0.29, 0.717) is 0 Å². The first-order valence-corrected chi connectivity index (χ1v) is 3.61. The Morgan fingerprint density at radius 3 is 2.89 bits per heavy atom. The van der Waals surface area contributed by atoms with E-state index >= 15 is 0 Å². The summed E-state index contributed by atoms with van der Waals surface area (Å²) >= 11 is 0. The lowest BCUT2D eigenvalue weighted by Gasteiger charge is -1.96. The largest absolute Gasteiger partial charge is 0.0998 e. The Hall–Kier alpha value is -0.520. The van der Waals surface area contributed by atoms with E-state index in [1.54, 1.807) is 0 Å². The van der Waals surface area contributed by atoms with Gasteiger partial charge in [-0.1, -0.05) is 23.8 Å². The molecule has 0 aromatic rings. The van der Waals surface area contributed by atoms with Gasteiger partial charge in [-0.05, 0) is 32.6 Å². The fourth-order valence-corrected chi connectivity index (χ4v) is 1.12. The molecule has 0 aromatic heterocycles. The van der Waals surface area contributed by atoms with Crippen LogP contribution in [0.2, 0.25) is 0 Å². The molecule has 0 radical (unpaired) electrons. The van der Waals surface area contributed by atoms with Crippen LogP contribution in [0, 0.1) is 0 Å². The first-order valence-electron chi connectivity index (χ1n) is 3.61. The minimum absolute atomic E-state index is 1.21. The van der Waals surface area contributed by atoms with Crippen LogP contribution in [0.1, 0.15) is 32.6 Å². The molecule has 0 aromatic carbocycles. The third kappa shape index (κ3) is 2.05. The molecule has 9 heavy (non-hydrogen) atoms. The zero-order valence-corrected chi connectivity index (χ0v) is 6.11. The molecule has 0 saturated carbocycles. The Labute approximate surface area is 57.3 Å². The van der Waals surface area contributed by atoms with Crippen molar-refractivity contribution in [2.24, 2.45) is 0 Å². The van der Waals surface area contributed by atoms with Gasteiger partial charge in [-0.2, -0.15) is 0 Å². The maximum absolute atomic E-state index is 3.98. The van der Waals surface area contributed by atoms with Crippen LogP contribution in [-0.2, 0) is 0 Å². The normalized spacial score (nSPS) is 21.0. The average Bonchev–Trinajstić information content (AvgIpc) is 1.97. The van der Waals surface area contributed by atoms with E-state index in [-0.39, 0.29) is 0 Å². The number of hydrogen-bond acceptors (Lipinski definition) is 0. The van der Waals surface area contributed by atoms with Gasteiger partial charge in [0.25, 0.3) is 0 Å². The number of rotatable bonds is 0. The van der Waals surface area contributed by atoms with Crippen molar-refractivity contribution in [3.8, 4) is 0 Å². The highest BCUT2D eigenvalue weighted by Gasteiger charge is 1.99. The highest BCUT2D eigenvalue weighted by atomic mass is 14.1. The van der Waals surface area contributed by atoms with Crippen LogP contribution in [-0.4, -0.2) is 0 Å². The van der Waals surface area contributed by atoms with Crippen molar-refractivity contribution in [3.63, 3.8) is 0 Å². The van der Waals surface area contributed by atoms with Gasteiger partial charge in [-0.25, -0.2) is 0 Å². The second kappa shape index (κ2) is 2.86. The summed E-state index contributed by atoms with van der Waals surface area (Å²) in [5, 5.41) is 0. The molecule has 1 rings (SSSR count). The predicted octanol–water partition coefficient (Wildman–Crippen LogP) is 3.06. The predicted molar refractivity (Wildman–Crippen MR) is 41.4 cm³/mol. The van der Waals surface area contributed by atoms with Gasteiger partial charge in [0, 0.05) is 0 Å². The molecule has 0 fully saturated rings. The van der Waals surface area contributed by atoms with Gasteiger partial charge >= 0.3 is 0 Å². The number of hydrogen-bond donors (Lipinski definition) is 0. The van der Waals surface area contributed by atoms with Gasteiger partial charge in [-0.3, -0.25) is 0 Å². The van der Waals surface area contributed by atoms with Crippen LogP contribution in [0.5, 0.6) is 0 Å². The van der Waals surface area contributed by atoms with Crippen molar-refractivity contribution in [2.45, 2.75) is 32.6 Å². The van der Waals surface area contributed by atoms with Crippen LogP contribution in [0.3, 0.4) is 0 Å². The quantitative estimate of drug-likeness (QED) is 0.433. The van der Waals surface area contributed by atoms with Crippen LogP contribution < -0.4 is 0 Å². The zero-order chi connectivity index (χ0) is 6.69. The summed E-state index contributed by atoms with van der Waals surface area (Å²) in [4.78, 5) is 0. The third-order valence-corrected chi connectivity index (χ3v) is 1.86. The topological polar surface area (TPSA) is 0 Å². The molecule has 0 spiro atoms. The Morgan fingerprint density at radius 1 is 1.33 bits per heavy atom. The molecular formula is C9H14. The molecule has 0 saturated heterocycles. The molecule has 1 aliphatic rings. The summed E-state index contributed by atoms with van der Waals surface area (Å²) in [7, 11) is 0. The van der Waals surface area contributed by atoms with Crippen LogP contribution >= 0.6 is 0 Å². The minimum atomic E-state index is 1.21. The van der Waals surface area contributed by atoms with E-state index < -0.39 is 0 Å². The van der Waals surface area contributed by atoms with E-state index in [1.807, 2.05) is 0 Å². The van der Waals surface area contributed by atoms with E-state index in [2.05, 4.69) is 19.6 Å². The highest BCUT2D eigenvalue weighted by Crippen LogP contribution is 2.19.